The molecule has 0 bridgehead atoms. The minimum Gasteiger partial charge on any atom is -0.338 e. The summed E-state index contributed by atoms with van der Waals surface area (Å²) >= 11 is 7.84. The molecule has 1 atom stereocenters. The van der Waals surface area contributed by atoms with Crippen LogP contribution in [0, 0.1) is 12.8 Å². The second-order valence-electron chi connectivity index (χ2n) is 7.75. The van der Waals surface area contributed by atoms with E-state index in [0.29, 0.717) is 17.4 Å². The van der Waals surface area contributed by atoms with E-state index in [1.54, 1.807) is 11.3 Å². The first-order valence-electron chi connectivity index (χ1n) is 9.63. The molecule has 2 fully saturated rings. The Morgan fingerprint density at radius 3 is 2.54 bits per heavy atom. The molecular formula is C19H25ClN4O2S2. The van der Waals surface area contributed by atoms with Gasteiger partial charge in [0, 0.05) is 43.4 Å². The summed E-state index contributed by atoms with van der Waals surface area (Å²) in [6, 6.07) is 4.28. The number of piperazine rings is 1. The molecular weight excluding hydrogens is 416 g/mol. The van der Waals surface area contributed by atoms with Crippen molar-refractivity contribution in [2.45, 2.75) is 25.8 Å². The van der Waals surface area contributed by atoms with E-state index in [2.05, 4.69) is 25.8 Å². The molecule has 0 saturated carbocycles. The van der Waals surface area contributed by atoms with E-state index >= 15 is 0 Å². The van der Waals surface area contributed by atoms with Crippen LogP contribution < -0.4 is 4.90 Å². The minimum absolute atomic E-state index is 0.217. The van der Waals surface area contributed by atoms with Gasteiger partial charge in [-0.1, -0.05) is 11.6 Å². The number of rotatable bonds is 4. The molecule has 4 heterocycles. The van der Waals surface area contributed by atoms with Gasteiger partial charge in [0.15, 0.2) is 0 Å². The molecule has 0 aliphatic carbocycles. The van der Waals surface area contributed by atoms with E-state index in [9.17, 15) is 8.42 Å². The molecule has 1 unspecified atom stereocenters. The Morgan fingerprint density at radius 2 is 1.89 bits per heavy atom. The number of nitrogens with zero attached hydrogens (tertiary/aromatic N) is 4. The Morgan fingerprint density at radius 1 is 1.18 bits per heavy atom. The van der Waals surface area contributed by atoms with E-state index < -0.39 is 9.84 Å². The number of thiophene rings is 1. The first-order chi connectivity index (χ1) is 13.4. The van der Waals surface area contributed by atoms with Crippen LogP contribution in [0.2, 0.25) is 4.34 Å². The lowest BCUT2D eigenvalue weighted by Gasteiger charge is -2.43. The number of hydrogen-bond acceptors (Lipinski definition) is 7. The average molecular weight is 441 g/mol. The standard InChI is InChI=1S/C19H25ClN4O2S2/c1-14-10-21-19(22-11-14)24-7-6-23(12-15-4-8-28(25,26)9-5-15)16(13-24)17-2-3-18(20)27-17/h2-3,10-11,15-16H,4-9,12-13H2,1H3. The van der Waals surface area contributed by atoms with Crippen LogP contribution in [0.5, 0.6) is 0 Å². The highest BCUT2D eigenvalue weighted by molar-refractivity contribution is 7.91. The molecule has 0 amide bonds. The van der Waals surface area contributed by atoms with Gasteiger partial charge in [-0.3, -0.25) is 4.90 Å². The van der Waals surface area contributed by atoms with Gasteiger partial charge in [0.05, 0.1) is 21.9 Å². The van der Waals surface area contributed by atoms with Gasteiger partial charge in [-0.2, -0.15) is 0 Å². The van der Waals surface area contributed by atoms with Crippen LogP contribution in [0.15, 0.2) is 24.5 Å². The molecule has 6 nitrogen and oxygen atoms in total. The van der Waals surface area contributed by atoms with Gasteiger partial charge in [-0.15, -0.1) is 11.3 Å². The maximum absolute atomic E-state index is 11.8. The predicted molar refractivity (Wildman–Crippen MR) is 114 cm³/mol. The quantitative estimate of drug-likeness (QED) is 0.727. The maximum Gasteiger partial charge on any atom is 0.225 e. The molecule has 152 valence electrons. The SMILES string of the molecule is Cc1cnc(N2CCN(CC3CCS(=O)(=O)CC3)C(c3ccc(Cl)s3)C2)nc1. The second-order valence-corrected chi connectivity index (χ2v) is 11.8. The highest BCUT2D eigenvalue weighted by Gasteiger charge is 2.33. The van der Waals surface area contributed by atoms with E-state index in [1.807, 2.05) is 25.4 Å². The Hall–Kier alpha value is -1.22. The van der Waals surface area contributed by atoms with Crippen LogP contribution >= 0.6 is 22.9 Å². The fraction of sp³-hybridized carbons (Fsp3) is 0.579. The summed E-state index contributed by atoms with van der Waals surface area (Å²) in [5.74, 6) is 1.85. The minimum atomic E-state index is -2.83. The summed E-state index contributed by atoms with van der Waals surface area (Å²) in [4.78, 5) is 15.0. The van der Waals surface area contributed by atoms with Crippen LogP contribution in [-0.2, 0) is 9.84 Å². The van der Waals surface area contributed by atoms with Gasteiger partial charge in [0.25, 0.3) is 0 Å². The Labute approximate surface area is 175 Å². The van der Waals surface area contributed by atoms with Crippen molar-refractivity contribution in [1.82, 2.24) is 14.9 Å². The molecule has 0 spiro atoms. The third-order valence-corrected chi connectivity index (χ3v) is 8.68. The molecule has 2 aliphatic rings. The molecule has 4 rings (SSSR count). The van der Waals surface area contributed by atoms with Crippen molar-refractivity contribution in [3.63, 3.8) is 0 Å². The Bertz CT molecular complexity index is 902. The highest BCUT2D eigenvalue weighted by Crippen LogP contribution is 2.35. The monoisotopic (exact) mass is 440 g/mol. The lowest BCUT2D eigenvalue weighted by Crippen LogP contribution is -2.50. The fourth-order valence-corrected chi connectivity index (χ4v) is 6.78. The number of aromatic nitrogens is 2. The molecule has 28 heavy (non-hydrogen) atoms. The molecule has 0 N–H and O–H groups in total. The summed E-state index contributed by atoms with van der Waals surface area (Å²) in [6.07, 6.45) is 5.24. The van der Waals surface area contributed by atoms with E-state index in [-0.39, 0.29) is 6.04 Å². The summed E-state index contributed by atoms with van der Waals surface area (Å²) in [5.41, 5.74) is 1.05. The molecule has 2 aromatic heterocycles. The van der Waals surface area contributed by atoms with Crippen LogP contribution in [0.25, 0.3) is 0 Å². The average Bonchev–Trinajstić information content (AvgIpc) is 3.11. The molecule has 2 aliphatic heterocycles. The molecule has 9 heteroatoms. The summed E-state index contributed by atoms with van der Waals surface area (Å²) < 4.78 is 24.3. The smallest absolute Gasteiger partial charge is 0.225 e. The largest absolute Gasteiger partial charge is 0.338 e. The van der Waals surface area contributed by atoms with Crippen molar-refractivity contribution in [1.29, 1.82) is 0 Å². The molecule has 0 radical (unpaired) electrons. The third-order valence-electron chi connectivity index (χ3n) is 5.63. The van der Waals surface area contributed by atoms with Crippen molar-refractivity contribution in [2.75, 3.05) is 42.6 Å². The number of aryl methyl sites for hydroxylation is 1. The predicted octanol–water partition coefficient (Wildman–Crippen LogP) is 3.19. The van der Waals surface area contributed by atoms with Crippen molar-refractivity contribution in [2.24, 2.45) is 5.92 Å². The lowest BCUT2D eigenvalue weighted by molar-refractivity contribution is 0.147. The normalized spacial score (nSPS) is 23.8. The number of hydrogen-bond donors (Lipinski definition) is 0. The zero-order chi connectivity index (χ0) is 19.7. The summed E-state index contributed by atoms with van der Waals surface area (Å²) in [6.45, 7) is 5.50. The van der Waals surface area contributed by atoms with E-state index in [0.717, 1.165) is 54.9 Å². The van der Waals surface area contributed by atoms with Crippen LogP contribution in [0.4, 0.5) is 5.95 Å². The lowest BCUT2D eigenvalue weighted by atomic mass is 10.00. The van der Waals surface area contributed by atoms with Gasteiger partial charge >= 0.3 is 0 Å². The van der Waals surface area contributed by atoms with Gasteiger partial charge in [0.2, 0.25) is 5.95 Å². The zero-order valence-corrected chi connectivity index (χ0v) is 18.3. The van der Waals surface area contributed by atoms with Gasteiger partial charge in [-0.05, 0) is 43.4 Å². The molecule has 2 saturated heterocycles. The fourth-order valence-electron chi connectivity index (χ4n) is 4.00. The van der Waals surface area contributed by atoms with Crippen LogP contribution in [0.3, 0.4) is 0 Å². The number of anilines is 1. The first-order valence-corrected chi connectivity index (χ1v) is 12.6. The van der Waals surface area contributed by atoms with Gasteiger partial charge in [-0.25, -0.2) is 18.4 Å². The van der Waals surface area contributed by atoms with Crippen molar-refractivity contribution < 1.29 is 8.42 Å². The summed E-state index contributed by atoms with van der Waals surface area (Å²) in [5, 5.41) is 0. The van der Waals surface area contributed by atoms with Crippen LogP contribution in [0.1, 0.15) is 29.3 Å². The maximum atomic E-state index is 11.8. The second kappa shape index (κ2) is 8.26. The van der Waals surface area contributed by atoms with Crippen molar-refractivity contribution in [3.8, 4) is 0 Å². The van der Waals surface area contributed by atoms with Gasteiger partial charge in [0.1, 0.15) is 9.84 Å². The molecule has 0 aromatic carbocycles. The Kier molecular flexibility index (Phi) is 5.92. The van der Waals surface area contributed by atoms with E-state index in [4.69, 9.17) is 11.6 Å². The zero-order valence-electron chi connectivity index (χ0n) is 15.9. The highest BCUT2D eigenvalue weighted by atomic mass is 35.5. The number of halogens is 1. The first kappa shape index (κ1) is 20.1. The molecule has 2 aromatic rings. The topological polar surface area (TPSA) is 66.4 Å². The third kappa shape index (κ3) is 4.67. The van der Waals surface area contributed by atoms with Crippen molar-refractivity contribution in [3.05, 3.63) is 39.3 Å². The van der Waals surface area contributed by atoms with Crippen molar-refractivity contribution >= 4 is 38.7 Å². The van der Waals surface area contributed by atoms with Gasteiger partial charge < -0.3 is 4.90 Å². The van der Waals surface area contributed by atoms with E-state index in [1.165, 1.54) is 4.88 Å². The summed E-state index contributed by atoms with van der Waals surface area (Å²) in [7, 11) is -2.83. The Balaban J connectivity index is 1.50. The number of sulfone groups is 1. The van der Waals surface area contributed by atoms with Crippen LogP contribution in [-0.4, -0.2) is 61.0 Å².